The molecule has 2 fully saturated rings. The van der Waals surface area contributed by atoms with Crippen LogP contribution < -0.4 is 0 Å². The van der Waals surface area contributed by atoms with Crippen LogP contribution in [0.2, 0.25) is 0 Å². The fraction of sp³-hybridized carbons (Fsp3) is 0.923. The van der Waals surface area contributed by atoms with Crippen molar-refractivity contribution in [2.45, 2.75) is 63.6 Å². The number of hydrogen-bond acceptors (Lipinski definition) is 3. The Kier molecular flexibility index (Phi) is 4.40. The molecule has 1 aliphatic heterocycles. The van der Waals surface area contributed by atoms with Crippen LogP contribution >= 0.6 is 0 Å². The molecule has 2 aliphatic rings. The van der Waals surface area contributed by atoms with Crippen molar-refractivity contribution in [2.75, 3.05) is 13.2 Å². The van der Waals surface area contributed by atoms with Gasteiger partial charge in [0.2, 0.25) is 0 Å². The van der Waals surface area contributed by atoms with Crippen LogP contribution in [0.4, 0.5) is 0 Å². The zero-order valence-electron chi connectivity index (χ0n) is 10.6. The first-order valence-corrected chi connectivity index (χ1v) is 6.76. The third-order valence-corrected chi connectivity index (χ3v) is 4.04. The van der Waals surface area contributed by atoms with Crippen molar-refractivity contribution in [3.8, 4) is 0 Å². The molecule has 2 atom stereocenters. The summed E-state index contributed by atoms with van der Waals surface area (Å²) in [4.78, 5) is 13.2. The maximum Gasteiger partial charge on any atom is 0.317 e. The summed E-state index contributed by atoms with van der Waals surface area (Å²) in [5.74, 6) is -0.698. The minimum Gasteiger partial charge on any atom is -0.480 e. The lowest BCUT2D eigenvalue weighted by atomic mass is 10.00. The lowest BCUT2D eigenvalue weighted by Gasteiger charge is -2.39. The second-order valence-electron chi connectivity index (χ2n) is 5.36. The van der Waals surface area contributed by atoms with Gasteiger partial charge in [-0.05, 0) is 32.6 Å². The van der Waals surface area contributed by atoms with Gasteiger partial charge in [0.1, 0.15) is 0 Å². The van der Waals surface area contributed by atoms with E-state index in [0.717, 1.165) is 19.4 Å². The van der Waals surface area contributed by atoms with Crippen LogP contribution in [0.1, 0.15) is 45.4 Å². The molecule has 2 rings (SSSR count). The van der Waals surface area contributed by atoms with Crippen LogP contribution in [0, 0.1) is 0 Å². The van der Waals surface area contributed by atoms with Gasteiger partial charge in [-0.3, -0.25) is 9.69 Å². The summed E-state index contributed by atoms with van der Waals surface area (Å²) < 4.78 is 5.55. The molecule has 1 heterocycles. The summed E-state index contributed by atoms with van der Waals surface area (Å²) in [6.07, 6.45) is 7.06. The van der Waals surface area contributed by atoms with Crippen LogP contribution in [0.25, 0.3) is 0 Å². The van der Waals surface area contributed by atoms with Gasteiger partial charge >= 0.3 is 5.97 Å². The number of hydrogen-bond donors (Lipinski definition) is 1. The van der Waals surface area contributed by atoms with E-state index in [2.05, 4.69) is 11.8 Å². The molecule has 0 aromatic carbocycles. The Bertz CT molecular complexity index is 263. The van der Waals surface area contributed by atoms with E-state index in [1.807, 2.05) is 0 Å². The first-order valence-electron chi connectivity index (χ1n) is 6.76. The molecule has 0 aromatic rings. The van der Waals surface area contributed by atoms with Crippen LogP contribution in [0.5, 0.6) is 0 Å². The van der Waals surface area contributed by atoms with Gasteiger partial charge in [0.05, 0.1) is 12.6 Å². The molecule has 1 N–H and O–H groups in total. The van der Waals surface area contributed by atoms with Crippen LogP contribution in [-0.4, -0.2) is 47.3 Å². The molecule has 1 saturated carbocycles. The highest BCUT2D eigenvalue weighted by Crippen LogP contribution is 2.29. The Morgan fingerprint density at radius 3 is 2.59 bits per heavy atom. The first-order chi connectivity index (χ1) is 8.16. The number of carboxylic acid groups (broad SMARTS) is 1. The maximum absolute atomic E-state index is 11.0. The molecule has 0 aromatic heterocycles. The topological polar surface area (TPSA) is 49.8 Å². The number of carboxylic acids is 1. The third kappa shape index (κ3) is 3.42. The Morgan fingerprint density at radius 2 is 2.00 bits per heavy atom. The molecule has 0 radical (unpaired) electrons. The minimum atomic E-state index is -0.698. The van der Waals surface area contributed by atoms with Crippen molar-refractivity contribution in [2.24, 2.45) is 0 Å². The number of nitrogens with zero attached hydrogens (tertiary/aromatic N) is 1. The van der Waals surface area contributed by atoms with E-state index in [4.69, 9.17) is 9.84 Å². The van der Waals surface area contributed by atoms with Crippen molar-refractivity contribution >= 4 is 5.97 Å². The number of rotatable bonds is 4. The standard InChI is InChI=1S/C13H23NO3/c1-10-8-12(6-7-17-10)14(9-13(15)16)11-4-2-3-5-11/h10-12H,2-9H2,1H3,(H,15,16). The van der Waals surface area contributed by atoms with Crippen LogP contribution in [0.15, 0.2) is 0 Å². The molecule has 17 heavy (non-hydrogen) atoms. The van der Waals surface area contributed by atoms with E-state index >= 15 is 0 Å². The van der Waals surface area contributed by atoms with Crippen molar-refractivity contribution in [3.05, 3.63) is 0 Å². The maximum atomic E-state index is 11.0. The van der Waals surface area contributed by atoms with E-state index in [0.29, 0.717) is 12.1 Å². The van der Waals surface area contributed by atoms with Gasteiger partial charge in [0.25, 0.3) is 0 Å². The predicted molar refractivity (Wildman–Crippen MR) is 65.0 cm³/mol. The Balaban J connectivity index is 1.99. The molecule has 0 spiro atoms. The predicted octanol–water partition coefficient (Wildman–Crippen LogP) is 1.88. The van der Waals surface area contributed by atoms with Crippen LogP contribution in [0.3, 0.4) is 0 Å². The number of aliphatic carboxylic acids is 1. The zero-order valence-corrected chi connectivity index (χ0v) is 10.6. The summed E-state index contributed by atoms with van der Waals surface area (Å²) in [5.41, 5.74) is 0. The van der Waals surface area contributed by atoms with Gasteiger partial charge in [-0.25, -0.2) is 0 Å². The van der Waals surface area contributed by atoms with Crippen molar-refractivity contribution in [1.29, 1.82) is 0 Å². The number of ether oxygens (including phenoxy) is 1. The van der Waals surface area contributed by atoms with E-state index in [-0.39, 0.29) is 12.6 Å². The summed E-state index contributed by atoms with van der Waals surface area (Å²) in [7, 11) is 0. The van der Waals surface area contributed by atoms with E-state index in [1.54, 1.807) is 0 Å². The highest BCUT2D eigenvalue weighted by atomic mass is 16.5. The lowest BCUT2D eigenvalue weighted by molar-refractivity contribution is -0.140. The fourth-order valence-electron chi connectivity index (χ4n) is 3.22. The second kappa shape index (κ2) is 5.83. The quantitative estimate of drug-likeness (QED) is 0.816. The summed E-state index contributed by atoms with van der Waals surface area (Å²) in [6, 6.07) is 0.888. The largest absolute Gasteiger partial charge is 0.480 e. The average molecular weight is 241 g/mol. The molecular formula is C13H23NO3. The molecular weight excluding hydrogens is 218 g/mol. The van der Waals surface area contributed by atoms with Gasteiger partial charge in [-0.2, -0.15) is 0 Å². The zero-order chi connectivity index (χ0) is 12.3. The Morgan fingerprint density at radius 1 is 1.29 bits per heavy atom. The minimum absolute atomic E-state index is 0.196. The van der Waals surface area contributed by atoms with E-state index in [1.165, 1.54) is 25.7 Å². The van der Waals surface area contributed by atoms with Crippen LogP contribution in [-0.2, 0) is 9.53 Å². The Labute approximate surface area is 103 Å². The SMILES string of the molecule is CC1CC(N(CC(=O)O)C2CCCC2)CCO1. The molecule has 0 amide bonds. The lowest BCUT2D eigenvalue weighted by Crippen LogP contribution is -2.48. The van der Waals surface area contributed by atoms with Gasteiger partial charge in [-0.1, -0.05) is 12.8 Å². The average Bonchev–Trinajstić information content (AvgIpc) is 2.79. The van der Waals surface area contributed by atoms with Gasteiger partial charge in [0.15, 0.2) is 0 Å². The number of carbonyl (C=O) groups is 1. The Hall–Kier alpha value is -0.610. The van der Waals surface area contributed by atoms with Gasteiger partial charge in [-0.15, -0.1) is 0 Å². The van der Waals surface area contributed by atoms with Crippen molar-refractivity contribution < 1.29 is 14.6 Å². The monoisotopic (exact) mass is 241 g/mol. The van der Waals surface area contributed by atoms with E-state index < -0.39 is 5.97 Å². The normalized spacial score (nSPS) is 30.9. The highest BCUT2D eigenvalue weighted by molar-refractivity contribution is 5.69. The molecule has 4 heteroatoms. The molecule has 98 valence electrons. The van der Waals surface area contributed by atoms with Gasteiger partial charge < -0.3 is 9.84 Å². The van der Waals surface area contributed by atoms with E-state index in [9.17, 15) is 4.79 Å². The molecule has 0 bridgehead atoms. The molecule has 4 nitrogen and oxygen atoms in total. The van der Waals surface area contributed by atoms with Gasteiger partial charge in [0, 0.05) is 18.7 Å². The second-order valence-corrected chi connectivity index (χ2v) is 5.36. The fourth-order valence-corrected chi connectivity index (χ4v) is 3.22. The molecule has 1 aliphatic carbocycles. The molecule has 2 unspecified atom stereocenters. The smallest absolute Gasteiger partial charge is 0.317 e. The summed E-state index contributed by atoms with van der Waals surface area (Å²) >= 11 is 0. The van der Waals surface area contributed by atoms with Crippen molar-refractivity contribution in [3.63, 3.8) is 0 Å². The highest BCUT2D eigenvalue weighted by Gasteiger charge is 2.32. The first kappa shape index (κ1) is 12.8. The summed E-state index contributed by atoms with van der Waals surface area (Å²) in [5, 5.41) is 9.07. The summed E-state index contributed by atoms with van der Waals surface area (Å²) in [6.45, 7) is 3.05. The van der Waals surface area contributed by atoms with Crippen molar-refractivity contribution in [1.82, 2.24) is 4.90 Å². The third-order valence-electron chi connectivity index (χ3n) is 4.04. The molecule has 1 saturated heterocycles.